The predicted octanol–water partition coefficient (Wildman–Crippen LogP) is 2.65. The van der Waals surface area contributed by atoms with E-state index in [-0.39, 0.29) is 12.3 Å². The highest BCUT2D eigenvalue weighted by atomic mass is 32.2. The van der Waals surface area contributed by atoms with Gasteiger partial charge in [0.15, 0.2) is 0 Å². The van der Waals surface area contributed by atoms with Crippen LogP contribution in [0.25, 0.3) is 0 Å². The Kier molecular flexibility index (Phi) is 5.65. The number of rotatable bonds is 6. The number of hydrogen-bond donors (Lipinski definition) is 1. The van der Waals surface area contributed by atoms with Crippen molar-refractivity contribution in [3.63, 3.8) is 0 Å². The first kappa shape index (κ1) is 18.6. The number of thioether (sulfide) groups is 1. The quantitative estimate of drug-likeness (QED) is 0.838. The van der Waals surface area contributed by atoms with Gasteiger partial charge in [-0.25, -0.2) is 13.1 Å². The Bertz CT molecular complexity index is 624. The standard InChI is InChI=1S/C14H18F3NO3S2/c1-21-13(6-7-22-10-13)9-18-23(19,20)8-11-2-4-12(5-3-11)14(15,16)17/h2-5,18H,6-10H2,1H3/t13-/m1/s1. The Morgan fingerprint density at radius 2 is 1.96 bits per heavy atom. The van der Waals surface area contributed by atoms with E-state index in [0.717, 1.165) is 24.3 Å². The number of nitrogens with one attached hydrogen (secondary N) is 1. The molecule has 4 nitrogen and oxygen atoms in total. The van der Waals surface area contributed by atoms with Crippen molar-refractivity contribution in [3.8, 4) is 0 Å². The highest BCUT2D eigenvalue weighted by Gasteiger charge is 2.35. The lowest BCUT2D eigenvalue weighted by atomic mass is 10.0. The molecule has 0 radical (unpaired) electrons. The molecular weight excluding hydrogens is 351 g/mol. The summed E-state index contributed by atoms with van der Waals surface area (Å²) in [5.41, 5.74) is -0.997. The largest absolute Gasteiger partial charge is 0.416 e. The summed E-state index contributed by atoms with van der Waals surface area (Å²) in [5.74, 6) is 1.26. The normalized spacial score (nSPS) is 22.4. The topological polar surface area (TPSA) is 55.4 Å². The van der Waals surface area contributed by atoms with E-state index in [0.29, 0.717) is 11.3 Å². The SMILES string of the molecule is CO[C@@]1(CNS(=O)(=O)Cc2ccc(C(F)(F)F)cc2)CCSC1. The number of benzene rings is 1. The first-order valence-electron chi connectivity index (χ1n) is 6.92. The zero-order valence-electron chi connectivity index (χ0n) is 12.5. The van der Waals surface area contributed by atoms with Gasteiger partial charge in [-0.15, -0.1) is 0 Å². The Hall–Kier alpha value is -0.770. The molecule has 1 N–H and O–H groups in total. The summed E-state index contributed by atoms with van der Waals surface area (Å²) in [7, 11) is -2.09. The second-order valence-corrected chi connectivity index (χ2v) is 8.38. The van der Waals surface area contributed by atoms with Gasteiger partial charge >= 0.3 is 6.18 Å². The van der Waals surface area contributed by atoms with Crippen LogP contribution in [-0.2, 0) is 26.7 Å². The maximum absolute atomic E-state index is 12.5. The van der Waals surface area contributed by atoms with Crippen LogP contribution in [0.1, 0.15) is 17.5 Å². The first-order chi connectivity index (χ1) is 10.7. The second-order valence-electron chi connectivity index (χ2n) is 5.46. The van der Waals surface area contributed by atoms with E-state index in [2.05, 4.69) is 4.72 Å². The van der Waals surface area contributed by atoms with Crippen LogP contribution >= 0.6 is 11.8 Å². The van der Waals surface area contributed by atoms with E-state index in [1.54, 1.807) is 18.9 Å². The summed E-state index contributed by atoms with van der Waals surface area (Å²) in [6.07, 6.45) is -3.67. The number of alkyl halides is 3. The summed E-state index contributed by atoms with van der Waals surface area (Å²) in [6, 6.07) is 4.13. The lowest BCUT2D eigenvalue weighted by Gasteiger charge is -2.26. The smallest absolute Gasteiger partial charge is 0.376 e. The molecule has 0 saturated carbocycles. The highest BCUT2D eigenvalue weighted by Crippen LogP contribution is 2.31. The van der Waals surface area contributed by atoms with Crippen LogP contribution in [0.2, 0.25) is 0 Å². The number of sulfonamides is 1. The molecule has 0 amide bonds. The molecule has 9 heteroatoms. The molecule has 1 heterocycles. The van der Waals surface area contributed by atoms with Gasteiger partial charge in [-0.3, -0.25) is 0 Å². The molecule has 0 bridgehead atoms. The van der Waals surface area contributed by atoms with Crippen LogP contribution in [0.4, 0.5) is 13.2 Å². The van der Waals surface area contributed by atoms with Gasteiger partial charge in [-0.1, -0.05) is 12.1 Å². The van der Waals surface area contributed by atoms with E-state index < -0.39 is 27.4 Å². The van der Waals surface area contributed by atoms with Crippen LogP contribution in [0, 0.1) is 0 Å². The third-order valence-electron chi connectivity index (χ3n) is 3.75. The van der Waals surface area contributed by atoms with Gasteiger partial charge in [0, 0.05) is 19.4 Å². The van der Waals surface area contributed by atoms with Crippen molar-refractivity contribution in [3.05, 3.63) is 35.4 Å². The van der Waals surface area contributed by atoms with Crippen molar-refractivity contribution < 1.29 is 26.3 Å². The summed E-state index contributed by atoms with van der Waals surface area (Å²) in [4.78, 5) is 0. The molecule has 0 unspecified atom stereocenters. The lowest BCUT2D eigenvalue weighted by molar-refractivity contribution is -0.137. The average molecular weight is 369 g/mol. The van der Waals surface area contributed by atoms with Crippen LogP contribution < -0.4 is 4.72 Å². The molecule has 0 aliphatic carbocycles. The molecule has 1 atom stereocenters. The molecule has 1 saturated heterocycles. The third-order valence-corrected chi connectivity index (χ3v) is 6.27. The Morgan fingerprint density at radius 3 is 2.43 bits per heavy atom. The Morgan fingerprint density at radius 1 is 1.30 bits per heavy atom. The van der Waals surface area contributed by atoms with Crippen LogP contribution in [0.5, 0.6) is 0 Å². The zero-order chi connectivity index (χ0) is 17.1. The van der Waals surface area contributed by atoms with Crippen molar-refractivity contribution in [2.75, 3.05) is 25.2 Å². The molecule has 130 valence electrons. The van der Waals surface area contributed by atoms with Crippen molar-refractivity contribution in [1.29, 1.82) is 0 Å². The van der Waals surface area contributed by atoms with E-state index >= 15 is 0 Å². The molecule has 0 spiro atoms. The van der Waals surface area contributed by atoms with E-state index in [1.807, 2.05) is 0 Å². The van der Waals surface area contributed by atoms with Gasteiger partial charge in [-0.05, 0) is 29.9 Å². The summed E-state index contributed by atoms with van der Waals surface area (Å²) in [5, 5.41) is 0. The Balaban J connectivity index is 1.98. The maximum atomic E-state index is 12.5. The van der Waals surface area contributed by atoms with Crippen molar-refractivity contribution >= 4 is 21.8 Å². The number of hydrogen-bond acceptors (Lipinski definition) is 4. The maximum Gasteiger partial charge on any atom is 0.416 e. The minimum absolute atomic E-state index is 0.166. The summed E-state index contributed by atoms with van der Waals surface area (Å²) < 4.78 is 69.6. The van der Waals surface area contributed by atoms with Gasteiger partial charge in [0.05, 0.1) is 16.9 Å². The fraction of sp³-hybridized carbons (Fsp3) is 0.571. The molecule has 1 aliphatic rings. The minimum Gasteiger partial charge on any atom is -0.376 e. The van der Waals surface area contributed by atoms with Crippen LogP contribution in [0.15, 0.2) is 24.3 Å². The van der Waals surface area contributed by atoms with Crippen LogP contribution in [-0.4, -0.2) is 39.2 Å². The third kappa shape index (κ3) is 5.10. The van der Waals surface area contributed by atoms with E-state index in [4.69, 9.17) is 4.74 Å². The fourth-order valence-corrected chi connectivity index (χ4v) is 4.88. The minimum atomic E-state index is -4.43. The first-order valence-corrected chi connectivity index (χ1v) is 9.73. The van der Waals surface area contributed by atoms with Crippen molar-refractivity contribution in [2.45, 2.75) is 24.0 Å². The van der Waals surface area contributed by atoms with E-state index in [1.165, 1.54) is 12.1 Å². The monoisotopic (exact) mass is 369 g/mol. The van der Waals surface area contributed by atoms with Crippen molar-refractivity contribution in [2.24, 2.45) is 0 Å². The number of ether oxygens (including phenoxy) is 1. The van der Waals surface area contributed by atoms with Gasteiger partial charge in [0.25, 0.3) is 0 Å². The summed E-state index contributed by atoms with van der Waals surface area (Å²) in [6.45, 7) is 0.166. The average Bonchev–Trinajstić information content (AvgIpc) is 2.94. The second kappa shape index (κ2) is 7.00. The molecule has 2 rings (SSSR count). The molecule has 1 aromatic rings. The molecule has 0 aromatic heterocycles. The van der Waals surface area contributed by atoms with Crippen molar-refractivity contribution in [1.82, 2.24) is 4.72 Å². The highest BCUT2D eigenvalue weighted by molar-refractivity contribution is 7.99. The molecule has 23 heavy (non-hydrogen) atoms. The number of halogens is 3. The van der Waals surface area contributed by atoms with E-state index in [9.17, 15) is 21.6 Å². The van der Waals surface area contributed by atoms with Gasteiger partial charge in [-0.2, -0.15) is 24.9 Å². The lowest BCUT2D eigenvalue weighted by Crippen LogP contribution is -2.44. The molecule has 1 aliphatic heterocycles. The summed E-state index contributed by atoms with van der Waals surface area (Å²) >= 11 is 1.70. The fourth-order valence-electron chi connectivity index (χ4n) is 2.26. The van der Waals surface area contributed by atoms with Gasteiger partial charge in [0.2, 0.25) is 10.0 Å². The van der Waals surface area contributed by atoms with Gasteiger partial charge < -0.3 is 4.74 Å². The zero-order valence-corrected chi connectivity index (χ0v) is 14.2. The Labute approximate surface area is 137 Å². The molecular formula is C14H18F3NO3S2. The molecule has 1 fully saturated rings. The molecule has 1 aromatic carbocycles. The number of methoxy groups -OCH3 is 1. The predicted molar refractivity (Wildman–Crippen MR) is 83.8 cm³/mol. The van der Waals surface area contributed by atoms with Crippen LogP contribution in [0.3, 0.4) is 0 Å². The van der Waals surface area contributed by atoms with Gasteiger partial charge in [0.1, 0.15) is 0 Å².